The molecular formula is C105H146N36. The lowest BCUT2D eigenvalue weighted by molar-refractivity contribution is 0.402. The first kappa shape index (κ1) is 100. The van der Waals surface area contributed by atoms with Gasteiger partial charge in [-0.25, -0.2) is 24.9 Å². The summed E-state index contributed by atoms with van der Waals surface area (Å²) in [5, 5.41) is 34.5. The third-order valence-electron chi connectivity index (χ3n) is 27.0. The molecule has 20 rings (SSSR count). The Morgan fingerprint density at radius 3 is 0.638 bits per heavy atom. The largest absolute Gasteiger partial charge is 0.399 e. The van der Waals surface area contributed by atoms with Crippen molar-refractivity contribution in [1.29, 1.82) is 0 Å². The molecule has 0 aliphatic heterocycles. The van der Waals surface area contributed by atoms with Crippen LogP contribution in [0.3, 0.4) is 0 Å². The molecule has 10 heterocycles. The highest BCUT2D eigenvalue weighted by atomic mass is 15.3. The van der Waals surface area contributed by atoms with Crippen LogP contribution in [0.25, 0.3) is 55.8 Å². The van der Waals surface area contributed by atoms with Gasteiger partial charge in [0, 0.05) is 125 Å². The highest BCUT2D eigenvalue weighted by molar-refractivity contribution is 5.91. The summed E-state index contributed by atoms with van der Waals surface area (Å²) in [5.41, 5.74) is 56.9. The Kier molecular flexibility index (Phi) is 32.6. The molecule has 10 atom stereocenters. The SMILES string of the molecule is Cc1cc(N)cc(Nc2nc(N[C@@H]3CCCC[C@@H]3N)nc3c2ncn3C(C)C)c1.Cc1cccc(Nc2nc(N[C@@H]3CCCC[C@@H]3N)nc3c2ncn3C(C)C)c1.Cc1cccc(Nc2nc(N[C@@H]3CCCC[C@H]3N)nc3c2ncn3C(C)C)c1.Cc1cccc(Nc2nc(N[C@H]3CCCC[C@@H]3N)nc3c2ncn3C(C)C)c1.Cc1cccc(Nc2nc(N[C@H]3CCCC[C@H]3N)nc3c2ncn3C(C)C)c1. The Labute approximate surface area is 827 Å². The normalized spacial score (nSPS) is 19.8. The van der Waals surface area contributed by atoms with Gasteiger partial charge in [0.2, 0.25) is 29.7 Å². The number of nitrogen functional groups attached to an aromatic ring is 1. The van der Waals surface area contributed by atoms with Crippen molar-refractivity contribution in [1.82, 2.24) is 97.6 Å². The molecule has 5 saturated carbocycles. The van der Waals surface area contributed by atoms with Crippen molar-refractivity contribution in [2.45, 2.75) is 323 Å². The van der Waals surface area contributed by atoms with E-state index in [-0.39, 0.29) is 90.6 Å². The van der Waals surface area contributed by atoms with Crippen molar-refractivity contribution >= 4 is 149 Å². The molecule has 5 aromatic carbocycles. The van der Waals surface area contributed by atoms with Gasteiger partial charge in [0.05, 0.1) is 31.6 Å². The van der Waals surface area contributed by atoms with Crippen LogP contribution in [0.15, 0.2) is 147 Å². The molecule has 0 unspecified atom stereocenters. The number of aryl methyl sites for hydroxylation is 5. The number of aromatic nitrogens is 20. The van der Waals surface area contributed by atoms with E-state index < -0.39 is 0 Å². The number of rotatable bonds is 25. The van der Waals surface area contributed by atoms with Crippen molar-refractivity contribution < 1.29 is 0 Å². The van der Waals surface area contributed by atoms with Gasteiger partial charge in [-0.3, -0.25) is 0 Å². The fourth-order valence-electron chi connectivity index (χ4n) is 19.2. The van der Waals surface area contributed by atoms with Crippen LogP contribution in [0, 0.1) is 34.6 Å². The second-order valence-corrected chi connectivity index (χ2v) is 40.3. The van der Waals surface area contributed by atoms with Crippen LogP contribution < -0.4 is 87.6 Å². The molecule has 141 heavy (non-hydrogen) atoms. The summed E-state index contributed by atoms with van der Waals surface area (Å²) in [4.78, 5) is 70.6. The van der Waals surface area contributed by atoms with E-state index in [2.05, 4.69) is 246 Å². The molecule has 746 valence electrons. The molecule has 15 aromatic rings. The van der Waals surface area contributed by atoms with Crippen molar-refractivity contribution in [3.63, 3.8) is 0 Å². The molecule has 5 aliphatic rings. The molecule has 22 N–H and O–H groups in total. The van der Waals surface area contributed by atoms with Gasteiger partial charge in [-0.1, -0.05) is 113 Å². The molecule has 0 bridgehead atoms. The van der Waals surface area contributed by atoms with E-state index in [4.69, 9.17) is 84.2 Å². The quantitative estimate of drug-likeness (QED) is 0.0236. The van der Waals surface area contributed by atoms with Crippen molar-refractivity contribution in [2.75, 3.05) is 58.9 Å². The van der Waals surface area contributed by atoms with Crippen LogP contribution >= 0.6 is 0 Å². The Balaban J connectivity index is 0.000000127. The fourth-order valence-corrected chi connectivity index (χ4v) is 19.2. The van der Waals surface area contributed by atoms with Gasteiger partial charge < -0.3 is 110 Å². The Hall–Kier alpha value is -13.6. The lowest BCUT2D eigenvalue weighted by atomic mass is 9.91. The maximum Gasteiger partial charge on any atom is 0.227 e. The lowest BCUT2D eigenvalue weighted by Crippen LogP contribution is -2.43. The summed E-state index contributed by atoms with van der Waals surface area (Å²) < 4.78 is 10.3. The topological polar surface area (TPSA) is 494 Å². The minimum atomic E-state index is 0.117. The molecule has 36 heteroatoms. The van der Waals surface area contributed by atoms with Crippen LogP contribution in [0.2, 0.25) is 0 Å². The monoisotopic (exact) mass is 1910 g/mol. The lowest BCUT2D eigenvalue weighted by Gasteiger charge is -2.29. The van der Waals surface area contributed by atoms with Crippen LogP contribution in [0.4, 0.5) is 93.0 Å². The van der Waals surface area contributed by atoms with E-state index >= 15 is 0 Å². The molecular weight excluding hydrogens is 1770 g/mol. The molecule has 0 saturated heterocycles. The summed E-state index contributed by atoms with van der Waals surface area (Å²) in [5.74, 6) is 6.49. The van der Waals surface area contributed by atoms with E-state index in [0.29, 0.717) is 64.5 Å². The first-order valence-corrected chi connectivity index (χ1v) is 50.8. The highest BCUT2D eigenvalue weighted by Gasteiger charge is 2.32. The summed E-state index contributed by atoms with van der Waals surface area (Å²) in [7, 11) is 0. The number of nitrogens with two attached hydrogens (primary N) is 6. The number of fused-ring (bicyclic) bond motifs is 5. The molecule has 5 aliphatic carbocycles. The molecule has 36 nitrogen and oxygen atoms in total. The zero-order valence-electron chi connectivity index (χ0n) is 84.6. The minimum Gasteiger partial charge on any atom is -0.399 e. The van der Waals surface area contributed by atoms with Crippen LogP contribution in [0.1, 0.15) is 256 Å². The van der Waals surface area contributed by atoms with Gasteiger partial charge in [0.15, 0.2) is 84.9 Å². The first-order valence-electron chi connectivity index (χ1n) is 50.8. The van der Waals surface area contributed by atoms with Gasteiger partial charge in [-0.05, 0) is 263 Å². The minimum absolute atomic E-state index is 0.117. The predicted octanol–water partition coefficient (Wildman–Crippen LogP) is 20.3. The number of hydrogen-bond donors (Lipinski definition) is 16. The number of imidazole rings is 5. The summed E-state index contributed by atoms with van der Waals surface area (Å²) >= 11 is 0. The highest BCUT2D eigenvalue weighted by Crippen LogP contribution is 2.37. The number of nitrogens with one attached hydrogen (secondary N) is 10. The third-order valence-corrected chi connectivity index (χ3v) is 27.0. The molecule has 5 fully saturated rings. The molecule has 10 aromatic heterocycles. The fraction of sp³-hybridized carbons (Fsp3) is 0.476. The molecule has 0 spiro atoms. The van der Waals surface area contributed by atoms with Gasteiger partial charge in [-0.2, -0.15) is 49.8 Å². The van der Waals surface area contributed by atoms with E-state index in [1.165, 1.54) is 86.5 Å². The number of anilines is 16. The van der Waals surface area contributed by atoms with Gasteiger partial charge in [-0.15, -0.1) is 0 Å². The Bertz CT molecular complexity index is 6050. The maximum atomic E-state index is 6.33. The van der Waals surface area contributed by atoms with E-state index in [1.54, 1.807) is 0 Å². The van der Waals surface area contributed by atoms with E-state index in [0.717, 1.165) is 154 Å². The van der Waals surface area contributed by atoms with Crippen LogP contribution in [-0.4, -0.2) is 158 Å². The average Bonchev–Trinajstić information content (AvgIpc) is 1.66. The molecule has 0 radical (unpaired) electrons. The van der Waals surface area contributed by atoms with Crippen LogP contribution in [0.5, 0.6) is 0 Å². The smallest absolute Gasteiger partial charge is 0.227 e. The third kappa shape index (κ3) is 25.3. The van der Waals surface area contributed by atoms with Gasteiger partial charge in [0.25, 0.3) is 0 Å². The average molecular weight is 1910 g/mol. The van der Waals surface area contributed by atoms with Crippen molar-refractivity contribution in [3.05, 3.63) is 175 Å². The zero-order chi connectivity index (χ0) is 99.2. The standard InChI is InChI=1S/C21H30N8.4C21H29N7/c1-12(2)29-11-24-18-19(25-15-9-13(3)8-14(22)10-15)27-21(28-20(18)29)26-17-7-5-4-6-16(17)23;4*1-13(2)28-12-23-18-19(24-15-8-6-7-14(3)11-15)26-21(27-20(18)28)25-17-10-5-4-9-16(17)22/h8-12,16-17H,4-7,22-23H2,1-3H3,(H2,25,26,27,28);4*6-8,11-13,16-17H,4-5,9-10,22H2,1-3H3,(H2,24,25,26,27)/t3*16-,17+;2*16-,17-/m01010/s1. The Morgan fingerprint density at radius 1 is 0.248 bits per heavy atom. The predicted molar refractivity (Wildman–Crippen MR) is 575 cm³/mol. The number of nitrogens with zero attached hydrogens (tertiary/aromatic N) is 20. The Morgan fingerprint density at radius 2 is 0.447 bits per heavy atom. The number of benzene rings is 5. The maximum absolute atomic E-state index is 6.33. The summed E-state index contributed by atoms with van der Waals surface area (Å²) in [6.07, 6.45) is 31.4. The van der Waals surface area contributed by atoms with E-state index in [1.807, 2.05) is 105 Å². The zero-order valence-corrected chi connectivity index (χ0v) is 84.6. The second-order valence-electron chi connectivity index (χ2n) is 40.3. The second kappa shape index (κ2) is 45.8. The van der Waals surface area contributed by atoms with Gasteiger partial charge >= 0.3 is 0 Å². The molecule has 0 amide bonds. The van der Waals surface area contributed by atoms with Gasteiger partial charge in [0.1, 0.15) is 0 Å². The first-order chi connectivity index (χ1) is 67.9. The van der Waals surface area contributed by atoms with Crippen molar-refractivity contribution in [3.8, 4) is 0 Å². The summed E-state index contributed by atoms with van der Waals surface area (Å²) in [6, 6.07) is 41.7. The van der Waals surface area contributed by atoms with Crippen LogP contribution in [-0.2, 0) is 0 Å². The van der Waals surface area contributed by atoms with E-state index in [9.17, 15) is 0 Å². The van der Waals surface area contributed by atoms with Crippen molar-refractivity contribution in [2.24, 2.45) is 28.7 Å². The summed E-state index contributed by atoms with van der Waals surface area (Å²) in [6.45, 7) is 31.6. The number of hydrogen-bond acceptors (Lipinski definition) is 31.